The smallest absolute Gasteiger partial charge is 0.315 e. The average molecular weight is 318 g/mol. The topological polar surface area (TPSA) is 90.5 Å². The van der Waals surface area contributed by atoms with Gasteiger partial charge in [0.25, 0.3) is 5.91 Å². The summed E-state index contributed by atoms with van der Waals surface area (Å²) in [5.41, 5.74) is 1.44. The highest BCUT2D eigenvalue weighted by Gasteiger charge is 2.22. The van der Waals surface area contributed by atoms with Crippen LogP contribution < -0.4 is 16.0 Å². The number of hydrogen-bond acceptors (Lipinski definition) is 3. The van der Waals surface area contributed by atoms with Crippen LogP contribution >= 0.6 is 0 Å². The van der Waals surface area contributed by atoms with Crippen molar-refractivity contribution < 1.29 is 14.4 Å². The van der Waals surface area contributed by atoms with E-state index in [-0.39, 0.29) is 30.4 Å². The van der Waals surface area contributed by atoms with Crippen LogP contribution in [0.25, 0.3) is 0 Å². The summed E-state index contributed by atoms with van der Waals surface area (Å²) in [6, 6.07) is 6.88. The number of urea groups is 1. The van der Waals surface area contributed by atoms with Gasteiger partial charge in [0.1, 0.15) is 0 Å². The molecular formula is C16H22N4O3. The number of amides is 4. The summed E-state index contributed by atoms with van der Waals surface area (Å²) in [5, 5.41) is 8.18. The van der Waals surface area contributed by atoms with E-state index < -0.39 is 0 Å². The third kappa shape index (κ3) is 4.98. The van der Waals surface area contributed by atoms with E-state index in [2.05, 4.69) is 16.0 Å². The van der Waals surface area contributed by atoms with E-state index in [1.54, 1.807) is 24.3 Å². The van der Waals surface area contributed by atoms with Crippen LogP contribution in [0.2, 0.25) is 0 Å². The Kier molecular flexibility index (Phi) is 5.56. The number of piperazine rings is 1. The van der Waals surface area contributed by atoms with Gasteiger partial charge in [-0.05, 0) is 31.5 Å². The molecule has 1 fully saturated rings. The Labute approximate surface area is 135 Å². The van der Waals surface area contributed by atoms with Gasteiger partial charge in [0, 0.05) is 31.2 Å². The molecule has 1 aliphatic rings. The van der Waals surface area contributed by atoms with Gasteiger partial charge < -0.3 is 20.9 Å². The first-order valence-electron chi connectivity index (χ1n) is 7.65. The van der Waals surface area contributed by atoms with Crippen molar-refractivity contribution in [2.75, 3.05) is 19.6 Å². The Morgan fingerprint density at radius 2 is 1.96 bits per heavy atom. The molecule has 0 aromatic heterocycles. The van der Waals surface area contributed by atoms with Crippen molar-refractivity contribution in [3.05, 3.63) is 35.4 Å². The quantitative estimate of drug-likeness (QED) is 0.753. The van der Waals surface area contributed by atoms with Gasteiger partial charge >= 0.3 is 6.03 Å². The molecule has 4 amide bonds. The van der Waals surface area contributed by atoms with E-state index in [1.807, 2.05) is 13.8 Å². The molecule has 2 rings (SSSR count). The minimum atomic E-state index is -0.223. The Bertz CT molecular complexity index is 583. The first kappa shape index (κ1) is 16.8. The molecule has 1 aliphatic heterocycles. The Morgan fingerprint density at radius 3 is 2.57 bits per heavy atom. The Morgan fingerprint density at radius 1 is 1.26 bits per heavy atom. The van der Waals surface area contributed by atoms with Crippen molar-refractivity contribution in [1.29, 1.82) is 0 Å². The number of nitrogens with zero attached hydrogens (tertiary/aromatic N) is 1. The minimum absolute atomic E-state index is 0.0803. The predicted molar refractivity (Wildman–Crippen MR) is 85.9 cm³/mol. The number of benzene rings is 1. The molecule has 1 heterocycles. The summed E-state index contributed by atoms with van der Waals surface area (Å²) in [6.45, 7) is 5.26. The molecule has 0 spiro atoms. The molecule has 0 saturated carbocycles. The van der Waals surface area contributed by atoms with E-state index in [9.17, 15) is 14.4 Å². The SMILES string of the molecule is CC(C)NC(=O)NCc1ccc(C(=O)N2CCNC(=O)C2)cc1. The highest BCUT2D eigenvalue weighted by atomic mass is 16.2. The molecule has 3 N–H and O–H groups in total. The molecule has 0 unspecified atom stereocenters. The second-order valence-corrected chi connectivity index (χ2v) is 5.76. The predicted octanol–water partition coefficient (Wildman–Crippen LogP) is 0.466. The summed E-state index contributed by atoms with van der Waals surface area (Å²) in [5.74, 6) is -0.293. The van der Waals surface area contributed by atoms with Gasteiger partial charge in [-0.25, -0.2) is 4.79 Å². The van der Waals surface area contributed by atoms with Gasteiger partial charge in [-0.3, -0.25) is 9.59 Å². The fraction of sp³-hybridized carbons (Fsp3) is 0.438. The zero-order valence-corrected chi connectivity index (χ0v) is 13.4. The second kappa shape index (κ2) is 7.62. The number of carbonyl (C=O) groups is 3. The summed E-state index contributed by atoms with van der Waals surface area (Å²) in [4.78, 5) is 36.7. The molecule has 0 bridgehead atoms. The van der Waals surface area contributed by atoms with E-state index in [1.165, 1.54) is 4.90 Å². The summed E-state index contributed by atoms with van der Waals surface area (Å²) >= 11 is 0. The molecule has 7 nitrogen and oxygen atoms in total. The fourth-order valence-electron chi connectivity index (χ4n) is 2.26. The molecule has 1 aromatic carbocycles. The maximum atomic E-state index is 12.3. The molecule has 23 heavy (non-hydrogen) atoms. The number of rotatable bonds is 4. The van der Waals surface area contributed by atoms with Gasteiger partial charge in [0.05, 0.1) is 6.54 Å². The maximum Gasteiger partial charge on any atom is 0.315 e. The minimum Gasteiger partial charge on any atom is -0.353 e. The van der Waals surface area contributed by atoms with Crippen LogP contribution in [0.15, 0.2) is 24.3 Å². The van der Waals surface area contributed by atoms with Crippen LogP contribution in [0, 0.1) is 0 Å². The van der Waals surface area contributed by atoms with Crippen LogP contribution in [-0.2, 0) is 11.3 Å². The molecule has 7 heteroatoms. The van der Waals surface area contributed by atoms with Gasteiger partial charge in [-0.2, -0.15) is 0 Å². The van der Waals surface area contributed by atoms with Gasteiger partial charge in [0.15, 0.2) is 0 Å². The standard InChI is InChI=1S/C16H22N4O3/c1-11(2)19-16(23)18-9-12-3-5-13(6-4-12)15(22)20-8-7-17-14(21)10-20/h3-6,11H,7-10H2,1-2H3,(H,17,21)(H2,18,19,23). The van der Waals surface area contributed by atoms with Crippen molar-refractivity contribution in [1.82, 2.24) is 20.9 Å². The lowest BCUT2D eigenvalue weighted by Crippen LogP contribution is -2.49. The second-order valence-electron chi connectivity index (χ2n) is 5.76. The maximum absolute atomic E-state index is 12.3. The Hall–Kier alpha value is -2.57. The van der Waals surface area contributed by atoms with Crippen LogP contribution in [0.1, 0.15) is 29.8 Å². The van der Waals surface area contributed by atoms with Crippen molar-refractivity contribution >= 4 is 17.8 Å². The summed E-state index contributed by atoms with van der Waals surface area (Å²) in [7, 11) is 0. The Balaban J connectivity index is 1.90. The van der Waals surface area contributed by atoms with E-state index in [4.69, 9.17) is 0 Å². The van der Waals surface area contributed by atoms with E-state index in [0.717, 1.165) is 5.56 Å². The molecule has 0 radical (unpaired) electrons. The molecule has 0 atom stereocenters. The molecule has 1 saturated heterocycles. The van der Waals surface area contributed by atoms with Crippen molar-refractivity contribution in [2.45, 2.75) is 26.4 Å². The van der Waals surface area contributed by atoms with E-state index in [0.29, 0.717) is 25.2 Å². The third-order valence-electron chi connectivity index (χ3n) is 3.40. The number of hydrogen-bond donors (Lipinski definition) is 3. The first-order chi connectivity index (χ1) is 11.0. The molecular weight excluding hydrogens is 296 g/mol. The zero-order valence-electron chi connectivity index (χ0n) is 13.4. The third-order valence-corrected chi connectivity index (χ3v) is 3.40. The molecule has 0 aliphatic carbocycles. The van der Waals surface area contributed by atoms with E-state index >= 15 is 0 Å². The lowest BCUT2D eigenvalue weighted by molar-refractivity contribution is -0.123. The van der Waals surface area contributed by atoms with Gasteiger partial charge in [-0.15, -0.1) is 0 Å². The van der Waals surface area contributed by atoms with Crippen LogP contribution in [0.3, 0.4) is 0 Å². The number of nitrogens with one attached hydrogen (secondary N) is 3. The lowest BCUT2D eigenvalue weighted by atomic mass is 10.1. The fourth-order valence-corrected chi connectivity index (χ4v) is 2.26. The van der Waals surface area contributed by atoms with Gasteiger partial charge in [-0.1, -0.05) is 12.1 Å². The monoisotopic (exact) mass is 318 g/mol. The van der Waals surface area contributed by atoms with Crippen molar-refractivity contribution in [2.24, 2.45) is 0 Å². The normalized spacial score (nSPS) is 14.4. The highest BCUT2D eigenvalue weighted by Crippen LogP contribution is 2.09. The zero-order chi connectivity index (χ0) is 16.8. The highest BCUT2D eigenvalue weighted by molar-refractivity contribution is 5.97. The molecule has 1 aromatic rings. The number of carbonyl (C=O) groups excluding carboxylic acids is 3. The average Bonchev–Trinajstić information content (AvgIpc) is 2.52. The largest absolute Gasteiger partial charge is 0.353 e. The summed E-state index contributed by atoms with van der Waals surface area (Å²) in [6.07, 6.45) is 0. The lowest BCUT2D eigenvalue weighted by Gasteiger charge is -2.26. The molecule has 124 valence electrons. The van der Waals surface area contributed by atoms with Crippen molar-refractivity contribution in [3.8, 4) is 0 Å². The van der Waals surface area contributed by atoms with Crippen LogP contribution in [-0.4, -0.2) is 48.4 Å². The summed E-state index contributed by atoms with van der Waals surface area (Å²) < 4.78 is 0. The van der Waals surface area contributed by atoms with Crippen LogP contribution in [0.4, 0.5) is 4.79 Å². The van der Waals surface area contributed by atoms with Crippen LogP contribution in [0.5, 0.6) is 0 Å². The first-order valence-corrected chi connectivity index (χ1v) is 7.65. The van der Waals surface area contributed by atoms with Crippen molar-refractivity contribution in [3.63, 3.8) is 0 Å². The van der Waals surface area contributed by atoms with Gasteiger partial charge in [0.2, 0.25) is 5.91 Å².